The fourth-order valence-electron chi connectivity index (χ4n) is 2.21. The molecule has 11 nitrogen and oxygen atoms in total. The summed E-state index contributed by atoms with van der Waals surface area (Å²) in [7, 11) is -7.67. The van der Waals surface area contributed by atoms with Gasteiger partial charge in [-0.3, -0.25) is 4.89 Å². The predicted octanol–water partition coefficient (Wildman–Crippen LogP) is -1.03. The van der Waals surface area contributed by atoms with Crippen LogP contribution in [-0.2, 0) is 21.1 Å². The zero-order chi connectivity index (χ0) is 18.0. The third-order valence-corrected chi connectivity index (χ3v) is 8.34. The minimum absolute atomic E-state index is 0.194. The number of aliphatic hydroxyl groups is 1. The van der Waals surface area contributed by atoms with Crippen molar-refractivity contribution in [3.05, 3.63) is 18.7 Å². The Hall–Kier alpha value is -0.740. The molecule has 1 aromatic heterocycles. The summed E-state index contributed by atoms with van der Waals surface area (Å²) < 4.78 is 1.27. The molecule has 1 fully saturated rings. The van der Waals surface area contributed by atoms with Gasteiger partial charge in [0.15, 0.2) is 5.34 Å². The molecule has 0 radical (unpaired) electrons. The summed E-state index contributed by atoms with van der Waals surface area (Å²) in [5.74, 6) is -0.888. The molecule has 136 valence electrons. The van der Waals surface area contributed by atoms with Gasteiger partial charge in [-0.05, 0) is 19.3 Å². The van der Waals surface area contributed by atoms with Crippen LogP contribution in [0.1, 0.15) is 19.3 Å². The maximum atomic E-state index is 11.2. The smallest absolute Gasteiger partial charge is 0.365 e. The highest BCUT2D eigenvalue weighted by Gasteiger charge is 2.70. The molecule has 2 unspecified atom stereocenters. The first kappa shape index (κ1) is 19.6. The van der Waals surface area contributed by atoms with E-state index in [9.17, 15) is 29.5 Å². The molecule has 0 bridgehead atoms. The van der Waals surface area contributed by atoms with Gasteiger partial charge in [0, 0.05) is 12.4 Å². The van der Waals surface area contributed by atoms with Crippen LogP contribution in [0.15, 0.2) is 18.7 Å². The lowest BCUT2D eigenvalue weighted by Crippen LogP contribution is -2.48. The highest BCUT2D eigenvalue weighted by molar-refractivity contribution is 7.75. The molecule has 13 heteroatoms. The van der Waals surface area contributed by atoms with Crippen LogP contribution in [0.3, 0.4) is 0 Å². The standard InChI is InChI=1S/C11H20N3O8P2/c12-6-9(15)21-22-10(2-1-3-10)23(17)11(16,24(18,19)20)7-14-5-4-13-8-14/h4-5,8,16-20H,1-3,6-7,12H2/q+1. The Morgan fingerprint density at radius 3 is 2.54 bits per heavy atom. The number of nitrogens with two attached hydrogens (primary N) is 1. The quantitative estimate of drug-likeness (QED) is 0.184. The van der Waals surface area contributed by atoms with Gasteiger partial charge in [-0.25, -0.2) is 9.78 Å². The van der Waals surface area contributed by atoms with E-state index in [2.05, 4.69) is 9.87 Å². The van der Waals surface area contributed by atoms with Crippen molar-refractivity contribution in [2.75, 3.05) is 6.54 Å². The van der Waals surface area contributed by atoms with Gasteiger partial charge >= 0.3 is 19.0 Å². The van der Waals surface area contributed by atoms with E-state index in [4.69, 9.17) is 10.6 Å². The summed E-state index contributed by atoms with van der Waals surface area (Å²) in [6.07, 6.45) is 5.04. The largest absolute Gasteiger partial charge is 0.447 e. The fraction of sp³-hybridized carbons (Fsp3) is 0.636. The van der Waals surface area contributed by atoms with Crippen molar-refractivity contribution in [1.29, 1.82) is 0 Å². The minimum Gasteiger partial charge on any atom is -0.365 e. The lowest BCUT2D eigenvalue weighted by atomic mass is 9.95. The summed E-state index contributed by atoms with van der Waals surface area (Å²) in [5.41, 5.74) is 5.10. The number of nitrogens with zero attached hydrogens (tertiary/aromatic N) is 2. The van der Waals surface area contributed by atoms with E-state index in [1.165, 1.54) is 23.3 Å². The van der Waals surface area contributed by atoms with Crippen molar-refractivity contribution in [3.63, 3.8) is 0 Å². The molecule has 0 saturated heterocycles. The molecular weight excluding hydrogens is 364 g/mol. The van der Waals surface area contributed by atoms with E-state index in [1.807, 2.05) is 0 Å². The van der Waals surface area contributed by atoms with Crippen LogP contribution in [0.5, 0.6) is 0 Å². The number of aromatic nitrogens is 2. The van der Waals surface area contributed by atoms with Gasteiger partial charge in [0.25, 0.3) is 0 Å². The van der Waals surface area contributed by atoms with Crippen LogP contribution in [0.2, 0.25) is 0 Å². The molecular formula is C11H20N3O8P2+. The van der Waals surface area contributed by atoms with E-state index in [-0.39, 0.29) is 12.8 Å². The second-order valence-electron chi connectivity index (χ2n) is 5.43. The average Bonchev–Trinajstić information content (AvgIpc) is 2.97. The maximum Gasteiger partial charge on any atom is 0.447 e. The van der Waals surface area contributed by atoms with Crippen LogP contribution in [0, 0.1) is 0 Å². The van der Waals surface area contributed by atoms with Gasteiger partial charge in [0.05, 0.1) is 12.9 Å². The molecule has 0 amide bonds. The molecule has 24 heavy (non-hydrogen) atoms. The van der Waals surface area contributed by atoms with Gasteiger partial charge in [-0.1, -0.05) is 0 Å². The van der Waals surface area contributed by atoms with Gasteiger partial charge in [-0.15, -0.1) is 0 Å². The molecule has 2 atom stereocenters. The van der Waals surface area contributed by atoms with Crippen LogP contribution in [0.25, 0.3) is 0 Å². The van der Waals surface area contributed by atoms with E-state index < -0.39 is 45.6 Å². The predicted molar refractivity (Wildman–Crippen MR) is 82.7 cm³/mol. The number of carbonyl (C=O) groups is 1. The molecule has 0 aliphatic heterocycles. The Bertz CT molecular complexity index is 562. The fourth-order valence-corrected chi connectivity index (χ4v) is 5.92. The van der Waals surface area contributed by atoms with E-state index in [0.29, 0.717) is 6.42 Å². The number of rotatable bonds is 8. The third-order valence-electron chi connectivity index (χ3n) is 3.75. The monoisotopic (exact) mass is 384 g/mol. The summed E-state index contributed by atoms with van der Waals surface area (Å²) >= 11 is 0. The summed E-state index contributed by atoms with van der Waals surface area (Å²) in [6, 6.07) is 0. The van der Waals surface area contributed by atoms with Crippen molar-refractivity contribution in [2.45, 2.75) is 36.2 Å². The summed E-state index contributed by atoms with van der Waals surface area (Å²) in [5, 5.41) is 6.49. The topological polar surface area (TPSA) is 181 Å². The molecule has 0 spiro atoms. The van der Waals surface area contributed by atoms with Crippen LogP contribution >= 0.6 is 16.1 Å². The highest BCUT2D eigenvalue weighted by Crippen LogP contribution is 2.77. The van der Waals surface area contributed by atoms with Crippen LogP contribution in [-0.4, -0.2) is 57.2 Å². The second-order valence-corrected chi connectivity index (χ2v) is 9.84. The molecule has 1 aliphatic carbocycles. The molecule has 2 rings (SSSR count). The van der Waals surface area contributed by atoms with Crippen molar-refractivity contribution >= 4 is 22.1 Å². The lowest BCUT2D eigenvalue weighted by molar-refractivity contribution is -0.324. The zero-order valence-corrected chi connectivity index (χ0v) is 14.4. The van der Waals surface area contributed by atoms with Gasteiger partial charge in [0.1, 0.15) is 14.7 Å². The Kier molecular flexibility index (Phi) is 5.91. The molecule has 1 aliphatic rings. The van der Waals surface area contributed by atoms with Crippen LogP contribution in [0.4, 0.5) is 0 Å². The Balaban J connectivity index is 2.25. The SMILES string of the molecule is NCC(=O)OOC1(P(O)C(O)(Cn2ccnc2)[P+](O)(O)O)CCC1. The molecule has 0 aromatic carbocycles. The van der Waals surface area contributed by atoms with Gasteiger partial charge in [0.2, 0.25) is 0 Å². The van der Waals surface area contributed by atoms with Crippen molar-refractivity contribution in [3.8, 4) is 0 Å². The maximum absolute atomic E-state index is 11.2. The lowest BCUT2D eigenvalue weighted by Gasteiger charge is -2.46. The van der Waals surface area contributed by atoms with Crippen LogP contribution < -0.4 is 5.73 Å². The van der Waals surface area contributed by atoms with E-state index in [0.717, 1.165) is 0 Å². The molecule has 7 N–H and O–H groups in total. The first-order valence-corrected chi connectivity index (χ1v) is 9.92. The first-order chi connectivity index (χ1) is 11.1. The summed E-state index contributed by atoms with van der Waals surface area (Å²) in [6.45, 7) is -0.988. The Labute approximate surface area is 139 Å². The van der Waals surface area contributed by atoms with Crippen molar-refractivity contribution in [1.82, 2.24) is 9.55 Å². The molecule has 1 saturated carbocycles. The first-order valence-electron chi connectivity index (χ1n) is 6.98. The van der Waals surface area contributed by atoms with Gasteiger partial charge < -0.3 is 20.3 Å². The second kappa shape index (κ2) is 7.25. The zero-order valence-electron chi connectivity index (χ0n) is 12.6. The minimum atomic E-state index is -4.92. The Morgan fingerprint density at radius 1 is 1.46 bits per heavy atom. The van der Waals surface area contributed by atoms with Gasteiger partial charge in [-0.2, -0.15) is 19.6 Å². The average molecular weight is 384 g/mol. The normalized spacial score (nSPS) is 20.8. The Morgan fingerprint density at radius 2 is 2.12 bits per heavy atom. The third kappa shape index (κ3) is 3.75. The number of hydrogen-bond donors (Lipinski definition) is 6. The molecule has 1 heterocycles. The van der Waals surface area contributed by atoms with E-state index in [1.54, 1.807) is 0 Å². The van der Waals surface area contributed by atoms with Crippen molar-refractivity contribution in [2.24, 2.45) is 5.73 Å². The number of carbonyl (C=O) groups excluding carboxylic acids is 1. The number of imidazole rings is 1. The summed E-state index contributed by atoms with van der Waals surface area (Å²) in [4.78, 5) is 64.2. The molecule has 1 aromatic rings. The highest BCUT2D eigenvalue weighted by atomic mass is 31.3. The van der Waals surface area contributed by atoms with E-state index >= 15 is 0 Å². The van der Waals surface area contributed by atoms with Crippen molar-refractivity contribution < 1.29 is 39.2 Å². The number of hydrogen-bond acceptors (Lipinski definition) is 10.